The molecule has 2 N–H and O–H groups in total. The maximum absolute atomic E-state index is 11.1. The van der Waals surface area contributed by atoms with Gasteiger partial charge in [0.1, 0.15) is 5.60 Å². The lowest BCUT2D eigenvalue weighted by Gasteiger charge is -2.16. The predicted octanol–water partition coefficient (Wildman–Crippen LogP) is 3.74. The molecule has 0 bridgehead atoms. The first-order valence-electron chi connectivity index (χ1n) is 8.31. The van der Waals surface area contributed by atoms with Crippen LogP contribution in [0.3, 0.4) is 0 Å². The van der Waals surface area contributed by atoms with Crippen LogP contribution in [0, 0.1) is 0 Å². The van der Waals surface area contributed by atoms with Crippen molar-refractivity contribution in [3.63, 3.8) is 0 Å². The molecule has 0 aliphatic heterocycles. The van der Waals surface area contributed by atoms with Crippen LogP contribution in [0.4, 0.5) is 4.79 Å². The largest absolute Gasteiger partial charge is 0.469 e. The van der Waals surface area contributed by atoms with Gasteiger partial charge in [-0.25, -0.2) is 4.79 Å². The molecule has 9 heteroatoms. The van der Waals surface area contributed by atoms with E-state index in [0.29, 0.717) is 26.1 Å². The lowest BCUT2D eigenvalue weighted by atomic mass is 10.2. The molecule has 0 atom stereocenters. The molecule has 0 unspecified atom stereocenters. The number of hydrogen-bond acceptors (Lipinski definition) is 7. The van der Waals surface area contributed by atoms with Gasteiger partial charge in [0.25, 0.3) is 0 Å². The molecule has 26 heavy (non-hydrogen) atoms. The molecule has 0 aliphatic rings. The molecule has 0 radical (unpaired) electrons. The lowest BCUT2D eigenvalue weighted by Crippen LogP contribution is -2.27. The van der Waals surface area contributed by atoms with Gasteiger partial charge in [-0.15, -0.1) is 11.3 Å². The number of esters is 1. The number of hydrogen-bond donors (Lipinski definition) is 1. The lowest BCUT2D eigenvalue weighted by molar-refractivity contribution is -0.140. The first kappa shape index (κ1) is 24.8. The first-order chi connectivity index (χ1) is 12.1. The summed E-state index contributed by atoms with van der Waals surface area (Å²) < 4.78 is 20.4. The summed E-state index contributed by atoms with van der Waals surface area (Å²) in [7, 11) is 0.438. The molecular weight excluding hydrogens is 377 g/mol. The molecule has 0 aromatic carbocycles. The second-order valence-corrected chi connectivity index (χ2v) is 8.52. The molecule has 0 fully saturated rings. The number of carbonyl (C=O) groups excluding carboxylic acids is 2. The highest BCUT2D eigenvalue weighted by molar-refractivity contribution is 7.56. The Morgan fingerprint density at radius 3 is 2.15 bits per heavy atom. The van der Waals surface area contributed by atoms with Crippen molar-refractivity contribution in [2.45, 2.75) is 53.1 Å². The molecular formula is C17H30NO6PS. The Hall–Kier alpha value is -1.21. The summed E-state index contributed by atoms with van der Waals surface area (Å²) in [6.45, 7) is 10.5. The second kappa shape index (κ2) is 13.0. The summed E-state index contributed by atoms with van der Waals surface area (Å²) in [5, 5.41) is 3.13. The van der Waals surface area contributed by atoms with E-state index in [9.17, 15) is 9.59 Å². The normalized spacial score (nSPS) is 10.9. The highest BCUT2D eigenvalue weighted by Gasteiger charge is 2.15. The van der Waals surface area contributed by atoms with Crippen molar-refractivity contribution < 1.29 is 28.1 Å². The fourth-order valence-corrected chi connectivity index (χ4v) is 4.09. The number of nitrogens with two attached hydrogens (primary N) is 1. The number of ether oxygens (including phenoxy) is 2. The Balaban J connectivity index is 0.000000660. The minimum Gasteiger partial charge on any atom is -0.469 e. The summed E-state index contributed by atoms with van der Waals surface area (Å²) in [6.07, 6.45) is 0.397. The minimum atomic E-state index is -0.971. The Morgan fingerprint density at radius 2 is 1.77 bits per heavy atom. The van der Waals surface area contributed by atoms with Gasteiger partial charge in [0.15, 0.2) is 0 Å². The van der Waals surface area contributed by atoms with E-state index in [1.165, 1.54) is 7.11 Å². The molecule has 150 valence electrons. The molecule has 1 amide bonds. The molecule has 0 spiro atoms. The van der Waals surface area contributed by atoms with Gasteiger partial charge in [0.05, 0.1) is 26.7 Å². The van der Waals surface area contributed by atoms with Crippen molar-refractivity contribution in [2.75, 3.05) is 20.3 Å². The number of rotatable bonds is 8. The van der Waals surface area contributed by atoms with E-state index in [0.717, 1.165) is 10.2 Å². The van der Waals surface area contributed by atoms with Crippen LogP contribution in [0.1, 0.15) is 45.9 Å². The van der Waals surface area contributed by atoms with Crippen LogP contribution in [0.15, 0.2) is 11.4 Å². The highest BCUT2D eigenvalue weighted by Crippen LogP contribution is 2.38. The van der Waals surface area contributed by atoms with Crippen LogP contribution in [0.5, 0.6) is 0 Å². The summed E-state index contributed by atoms with van der Waals surface area (Å²) in [5.41, 5.74) is 4.26. The number of amides is 1. The predicted molar refractivity (Wildman–Crippen MR) is 105 cm³/mol. The van der Waals surface area contributed by atoms with Crippen LogP contribution < -0.4 is 11.0 Å². The average molecular weight is 407 g/mol. The number of methoxy groups -OCH3 is 1. The van der Waals surface area contributed by atoms with Crippen molar-refractivity contribution in [1.29, 1.82) is 0 Å². The van der Waals surface area contributed by atoms with E-state index >= 15 is 0 Å². The van der Waals surface area contributed by atoms with E-state index in [4.69, 9.17) is 14.8 Å². The van der Waals surface area contributed by atoms with Crippen LogP contribution in [0.25, 0.3) is 0 Å². The monoisotopic (exact) mass is 407 g/mol. The third-order valence-electron chi connectivity index (χ3n) is 2.55. The van der Waals surface area contributed by atoms with Crippen LogP contribution in [0.2, 0.25) is 0 Å². The molecule has 1 rings (SSSR count). The van der Waals surface area contributed by atoms with E-state index < -0.39 is 20.1 Å². The van der Waals surface area contributed by atoms with Gasteiger partial charge in [0.2, 0.25) is 8.38 Å². The van der Waals surface area contributed by atoms with E-state index in [-0.39, 0.29) is 5.97 Å². The first-order valence-corrected chi connectivity index (χ1v) is 10.4. The van der Waals surface area contributed by atoms with Gasteiger partial charge in [-0.3, -0.25) is 4.79 Å². The average Bonchev–Trinajstić information content (AvgIpc) is 2.99. The van der Waals surface area contributed by atoms with Crippen LogP contribution in [-0.2, 0) is 29.7 Å². The van der Waals surface area contributed by atoms with E-state index in [1.807, 2.05) is 19.2 Å². The zero-order valence-electron chi connectivity index (χ0n) is 16.4. The SMILES string of the molecule is CC(C)(C)OC(N)=O.CCOP(OCC)c1csc(CCC(=O)OC)c1. The summed E-state index contributed by atoms with van der Waals surface area (Å²) in [5.74, 6) is -0.179. The van der Waals surface area contributed by atoms with Gasteiger partial charge in [0, 0.05) is 15.6 Å². The van der Waals surface area contributed by atoms with E-state index in [2.05, 4.69) is 15.5 Å². The Bertz CT molecular complexity index is 538. The summed E-state index contributed by atoms with van der Waals surface area (Å²) in [4.78, 5) is 22.2. The third kappa shape index (κ3) is 12.2. The molecule has 1 heterocycles. The molecule has 0 saturated carbocycles. The standard InChI is InChI=1S/C12H19O4PS.C5H11NO2/c1-4-15-17(16-5-2)10-8-11(18-9-10)6-7-12(13)14-3;1-5(2,3)8-4(6)7/h8-9H,4-7H2,1-3H3;1-3H3,(H2,6,7). The second-order valence-electron chi connectivity index (χ2n) is 5.97. The summed E-state index contributed by atoms with van der Waals surface area (Å²) >= 11 is 1.63. The molecule has 0 saturated heterocycles. The molecule has 1 aromatic heterocycles. The number of aryl methyl sites for hydroxylation is 1. The van der Waals surface area contributed by atoms with Crippen molar-refractivity contribution in [3.8, 4) is 0 Å². The van der Waals surface area contributed by atoms with Crippen LogP contribution in [-0.4, -0.2) is 38.0 Å². The fourth-order valence-electron chi connectivity index (χ4n) is 1.65. The maximum Gasteiger partial charge on any atom is 0.405 e. The zero-order chi connectivity index (χ0) is 20.2. The zero-order valence-corrected chi connectivity index (χ0v) is 18.1. The Labute approximate surface area is 161 Å². The molecule has 7 nitrogen and oxygen atoms in total. The maximum atomic E-state index is 11.1. The Kier molecular flexibility index (Phi) is 12.4. The van der Waals surface area contributed by atoms with Gasteiger partial charge in [-0.05, 0) is 47.1 Å². The minimum absolute atomic E-state index is 0.179. The van der Waals surface area contributed by atoms with Crippen molar-refractivity contribution in [1.82, 2.24) is 0 Å². The van der Waals surface area contributed by atoms with Gasteiger partial charge >= 0.3 is 12.1 Å². The number of carbonyl (C=O) groups is 2. The quantitative estimate of drug-likeness (QED) is 0.521. The van der Waals surface area contributed by atoms with Crippen molar-refractivity contribution >= 4 is 37.1 Å². The van der Waals surface area contributed by atoms with Crippen molar-refractivity contribution in [2.24, 2.45) is 5.73 Å². The topological polar surface area (TPSA) is 97.1 Å². The third-order valence-corrected chi connectivity index (χ3v) is 5.39. The van der Waals surface area contributed by atoms with Gasteiger partial charge in [-0.2, -0.15) is 0 Å². The van der Waals surface area contributed by atoms with E-state index in [1.54, 1.807) is 32.1 Å². The van der Waals surface area contributed by atoms with Gasteiger partial charge < -0.3 is 24.3 Å². The van der Waals surface area contributed by atoms with Crippen molar-refractivity contribution in [3.05, 3.63) is 16.3 Å². The summed E-state index contributed by atoms with van der Waals surface area (Å²) in [6, 6.07) is 2.06. The van der Waals surface area contributed by atoms with Crippen LogP contribution >= 0.6 is 19.7 Å². The van der Waals surface area contributed by atoms with Gasteiger partial charge in [-0.1, -0.05) is 0 Å². The number of thiophene rings is 1. The Morgan fingerprint density at radius 1 is 1.19 bits per heavy atom. The molecule has 0 aliphatic carbocycles. The highest BCUT2D eigenvalue weighted by atomic mass is 32.1. The smallest absolute Gasteiger partial charge is 0.405 e. The fraction of sp³-hybridized carbons (Fsp3) is 0.647. The number of primary amides is 1. The molecule has 1 aromatic rings.